The second-order valence-corrected chi connectivity index (χ2v) is 9.26. The van der Waals surface area contributed by atoms with Crippen molar-refractivity contribution < 1.29 is 22.4 Å². The third-order valence-corrected chi connectivity index (χ3v) is 7.00. The number of amides is 2. The molecule has 2 aliphatic heterocycles. The van der Waals surface area contributed by atoms with Crippen molar-refractivity contribution in [3.05, 3.63) is 89.0 Å². The number of carbonyl (C=O) groups is 1. The van der Waals surface area contributed by atoms with Gasteiger partial charge in [-0.2, -0.15) is 13.2 Å². The van der Waals surface area contributed by atoms with Gasteiger partial charge in [-0.25, -0.2) is 9.18 Å². The number of benzene rings is 2. The lowest BCUT2D eigenvalue weighted by atomic mass is 9.99. The van der Waals surface area contributed by atoms with E-state index in [0.717, 1.165) is 17.3 Å². The van der Waals surface area contributed by atoms with E-state index >= 15 is 0 Å². The minimum Gasteiger partial charge on any atom is -0.369 e. The van der Waals surface area contributed by atoms with E-state index < -0.39 is 11.9 Å². The summed E-state index contributed by atoms with van der Waals surface area (Å²) >= 11 is 0. The smallest absolute Gasteiger partial charge is 0.369 e. The van der Waals surface area contributed by atoms with Crippen molar-refractivity contribution in [1.29, 1.82) is 0 Å². The van der Waals surface area contributed by atoms with Crippen LogP contribution in [0.15, 0.2) is 60.8 Å². The highest BCUT2D eigenvalue weighted by molar-refractivity contribution is 5.95. The Morgan fingerprint density at radius 3 is 2.47 bits per heavy atom. The SMILES string of the molecule is Cc1cccc(F)c1N1CCC(N2Cc3ccccc3N(Cc3cccnc3C(F)(F)F)C2=O)CC1. The molecule has 1 saturated heterocycles. The fourth-order valence-electron chi connectivity index (χ4n) is 5.27. The van der Waals surface area contributed by atoms with Crippen molar-refractivity contribution in [3.63, 3.8) is 0 Å². The van der Waals surface area contributed by atoms with Crippen molar-refractivity contribution in [2.24, 2.45) is 0 Å². The van der Waals surface area contributed by atoms with Crippen molar-refractivity contribution in [3.8, 4) is 0 Å². The predicted molar refractivity (Wildman–Crippen MR) is 129 cm³/mol. The fourth-order valence-corrected chi connectivity index (χ4v) is 5.27. The Hall–Kier alpha value is -3.62. The van der Waals surface area contributed by atoms with Gasteiger partial charge < -0.3 is 9.80 Å². The highest BCUT2D eigenvalue weighted by atomic mass is 19.4. The van der Waals surface area contributed by atoms with Gasteiger partial charge in [0.05, 0.1) is 17.9 Å². The molecular weight excluding hydrogens is 472 g/mol. The van der Waals surface area contributed by atoms with Crippen LogP contribution in [0.4, 0.5) is 33.7 Å². The Labute approximate surface area is 207 Å². The van der Waals surface area contributed by atoms with E-state index in [-0.39, 0.29) is 30.0 Å². The Balaban J connectivity index is 1.39. The van der Waals surface area contributed by atoms with Crippen LogP contribution < -0.4 is 9.80 Å². The Bertz CT molecular complexity index is 1250. The second kappa shape index (κ2) is 9.44. The van der Waals surface area contributed by atoms with Crippen molar-refractivity contribution in [2.75, 3.05) is 22.9 Å². The van der Waals surface area contributed by atoms with Crippen LogP contribution in [0.2, 0.25) is 0 Å². The lowest BCUT2D eigenvalue weighted by Gasteiger charge is -2.44. The number of piperidine rings is 1. The lowest BCUT2D eigenvalue weighted by Crippen LogP contribution is -2.54. The lowest BCUT2D eigenvalue weighted by molar-refractivity contribution is -0.141. The maximum absolute atomic E-state index is 14.5. The summed E-state index contributed by atoms with van der Waals surface area (Å²) in [6, 6.07) is 14.7. The number of rotatable bonds is 4. The number of para-hydroxylation sites is 2. The van der Waals surface area contributed by atoms with E-state index in [1.54, 1.807) is 23.1 Å². The summed E-state index contributed by atoms with van der Waals surface area (Å²) in [6.07, 6.45) is -2.24. The van der Waals surface area contributed by atoms with E-state index in [2.05, 4.69) is 4.98 Å². The molecule has 0 aliphatic carbocycles. The van der Waals surface area contributed by atoms with Crippen LogP contribution in [0.5, 0.6) is 0 Å². The quantitative estimate of drug-likeness (QED) is 0.405. The van der Waals surface area contributed by atoms with Gasteiger partial charge in [0.25, 0.3) is 0 Å². The molecule has 2 aliphatic rings. The zero-order valence-corrected chi connectivity index (χ0v) is 19.8. The normalized spacial score (nSPS) is 16.9. The fraction of sp³-hybridized carbons (Fsp3) is 0.333. The van der Waals surface area contributed by atoms with Gasteiger partial charge in [-0.15, -0.1) is 0 Å². The highest BCUT2D eigenvalue weighted by Crippen LogP contribution is 2.36. The van der Waals surface area contributed by atoms with E-state index in [0.29, 0.717) is 43.9 Å². The molecule has 0 N–H and O–H groups in total. The molecule has 1 aromatic heterocycles. The van der Waals surface area contributed by atoms with E-state index in [4.69, 9.17) is 0 Å². The topological polar surface area (TPSA) is 39.7 Å². The summed E-state index contributed by atoms with van der Waals surface area (Å²) in [7, 11) is 0. The van der Waals surface area contributed by atoms with Gasteiger partial charge in [-0.05, 0) is 49.1 Å². The van der Waals surface area contributed by atoms with Gasteiger partial charge in [0, 0.05) is 37.4 Å². The first-order valence-electron chi connectivity index (χ1n) is 11.9. The zero-order chi connectivity index (χ0) is 25.4. The summed E-state index contributed by atoms with van der Waals surface area (Å²) in [6.45, 7) is 3.19. The first-order valence-corrected chi connectivity index (χ1v) is 11.9. The number of halogens is 4. The first kappa shape index (κ1) is 24.1. The molecule has 0 atom stereocenters. The Kier molecular flexibility index (Phi) is 6.32. The maximum atomic E-state index is 14.5. The van der Waals surface area contributed by atoms with Gasteiger partial charge in [0.1, 0.15) is 11.5 Å². The molecule has 3 aromatic rings. The standard InChI is InChI=1S/C27H26F4N4O/c1-18-6-4-9-22(28)24(18)33-14-11-21(12-15-33)34-16-19-7-2-3-10-23(19)35(26(34)36)17-20-8-5-13-32-25(20)27(29,30)31/h2-10,13,21H,11-12,14-17H2,1H3. The number of urea groups is 1. The molecule has 5 rings (SSSR count). The third-order valence-electron chi connectivity index (χ3n) is 7.00. The molecule has 188 valence electrons. The average molecular weight is 499 g/mol. The van der Waals surface area contributed by atoms with Crippen LogP contribution in [-0.4, -0.2) is 35.0 Å². The molecule has 9 heteroatoms. The molecular formula is C27H26F4N4O. The first-order chi connectivity index (χ1) is 17.2. The van der Waals surface area contributed by atoms with Crippen LogP contribution in [0.3, 0.4) is 0 Å². The highest BCUT2D eigenvalue weighted by Gasteiger charge is 2.39. The number of aromatic nitrogens is 1. The Morgan fingerprint density at radius 1 is 1.00 bits per heavy atom. The summed E-state index contributed by atoms with van der Waals surface area (Å²) in [5.74, 6) is -0.264. The predicted octanol–water partition coefficient (Wildman–Crippen LogP) is 6.16. The number of hydrogen-bond acceptors (Lipinski definition) is 3. The molecule has 2 amide bonds. The van der Waals surface area contributed by atoms with E-state index in [1.165, 1.54) is 23.1 Å². The molecule has 36 heavy (non-hydrogen) atoms. The van der Waals surface area contributed by atoms with Crippen LogP contribution in [-0.2, 0) is 19.3 Å². The average Bonchev–Trinajstić information content (AvgIpc) is 2.86. The number of carbonyl (C=O) groups excluding carboxylic acids is 1. The molecule has 0 bridgehead atoms. The van der Waals surface area contributed by atoms with E-state index in [9.17, 15) is 22.4 Å². The Morgan fingerprint density at radius 2 is 1.75 bits per heavy atom. The molecule has 0 unspecified atom stereocenters. The van der Waals surface area contributed by atoms with Gasteiger partial charge in [0.15, 0.2) is 0 Å². The molecule has 0 saturated carbocycles. The molecule has 5 nitrogen and oxygen atoms in total. The summed E-state index contributed by atoms with van der Waals surface area (Å²) < 4.78 is 55.3. The number of hydrogen-bond donors (Lipinski definition) is 0. The molecule has 0 spiro atoms. The van der Waals surface area contributed by atoms with Gasteiger partial charge in [-0.3, -0.25) is 9.88 Å². The van der Waals surface area contributed by atoms with Gasteiger partial charge in [-0.1, -0.05) is 36.4 Å². The largest absolute Gasteiger partial charge is 0.433 e. The van der Waals surface area contributed by atoms with Gasteiger partial charge in [0.2, 0.25) is 0 Å². The number of nitrogens with zero attached hydrogens (tertiary/aromatic N) is 4. The molecule has 1 fully saturated rings. The minimum absolute atomic E-state index is 0.0557. The third kappa shape index (κ3) is 4.50. The molecule has 3 heterocycles. The summed E-state index contributed by atoms with van der Waals surface area (Å²) in [5, 5.41) is 0. The maximum Gasteiger partial charge on any atom is 0.433 e. The molecule has 0 radical (unpaired) electrons. The summed E-state index contributed by atoms with van der Waals surface area (Å²) in [5.41, 5.74) is 1.89. The zero-order valence-electron chi connectivity index (χ0n) is 19.8. The van der Waals surface area contributed by atoms with Crippen LogP contribution in [0, 0.1) is 12.7 Å². The van der Waals surface area contributed by atoms with Gasteiger partial charge >= 0.3 is 12.2 Å². The number of anilines is 2. The number of aryl methyl sites for hydroxylation is 1. The summed E-state index contributed by atoms with van der Waals surface area (Å²) in [4.78, 5) is 22.4. The van der Waals surface area contributed by atoms with E-state index in [1.807, 2.05) is 30.0 Å². The van der Waals surface area contributed by atoms with Crippen molar-refractivity contribution >= 4 is 17.4 Å². The molecule has 2 aromatic carbocycles. The number of pyridine rings is 1. The van der Waals surface area contributed by atoms with Crippen molar-refractivity contribution in [2.45, 2.75) is 45.1 Å². The number of alkyl halides is 3. The monoisotopic (exact) mass is 498 g/mol. The number of fused-ring (bicyclic) bond motifs is 1. The minimum atomic E-state index is -4.62. The van der Waals surface area contributed by atoms with Crippen LogP contribution in [0.1, 0.15) is 35.2 Å². The van der Waals surface area contributed by atoms with Crippen molar-refractivity contribution in [1.82, 2.24) is 9.88 Å². The second-order valence-electron chi connectivity index (χ2n) is 9.26. The van der Waals surface area contributed by atoms with Crippen LogP contribution >= 0.6 is 0 Å². The van der Waals surface area contributed by atoms with Crippen LogP contribution in [0.25, 0.3) is 0 Å².